The normalized spacial score (nSPS) is 32.3. The first-order valence-corrected chi connectivity index (χ1v) is 6.03. The molecule has 0 aromatic rings. The molecule has 2 atom stereocenters. The molecule has 17 heavy (non-hydrogen) atoms. The highest BCUT2D eigenvalue weighted by atomic mass is 16.5. The third-order valence-electron chi connectivity index (χ3n) is 3.57. The lowest BCUT2D eigenvalue weighted by Gasteiger charge is -2.35. The molecule has 94 valence electrons. The lowest BCUT2D eigenvalue weighted by Crippen LogP contribution is -2.34. The molecule has 0 amide bonds. The van der Waals surface area contributed by atoms with Gasteiger partial charge in [-0.25, -0.2) is 4.79 Å². The lowest BCUT2D eigenvalue weighted by molar-refractivity contribution is -0.148. The van der Waals surface area contributed by atoms with Crippen LogP contribution in [0.5, 0.6) is 0 Å². The van der Waals surface area contributed by atoms with Crippen LogP contribution in [0, 0.1) is 5.41 Å². The summed E-state index contributed by atoms with van der Waals surface area (Å²) in [5.41, 5.74) is 0.332. The van der Waals surface area contributed by atoms with Crippen LogP contribution in [0.4, 0.5) is 0 Å². The summed E-state index contributed by atoms with van der Waals surface area (Å²) < 4.78 is 10.4. The first kappa shape index (κ1) is 12.1. The van der Waals surface area contributed by atoms with E-state index in [-0.39, 0.29) is 23.5 Å². The molecule has 2 fully saturated rings. The standard InChI is InChI=1S/C13H18O4/c1-9(2)12(15)17-10-4-3-5-13(6-10)7-11(14)16-8-13/h10H,1,3-8H2,2H3. The van der Waals surface area contributed by atoms with Gasteiger partial charge in [0.1, 0.15) is 6.10 Å². The Bertz CT molecular complexity index is 360. The van der Waals surface area contributed by atoms with Crippen molar-refractivity contribution in [2.75, 3.05) is 6.61 Å². The number of ether oxygens (including phenoxy) is 2. The van der Waals surface area contributed by atoms with Crippen LogP contribution >= 0.6 is 0 Å². The molecule has 2 unspecified atom stereocenters. The molecule has 0 aromatic carbocycles. The molecule has 0 bridgehead atoms. The van der Waals surface area contributed by atoms with Crippen molar-refractivity contribution in [2.45, 2.75) is 45.1 Å². The predicted octanol–water partition coefficient (Wildman–Crippen LogP) is 1.98. The first-order valence-electron chi connectivity index (χ1n) is 6.03. The van der Waals surface area contributed by atoms with Gasteiger partial charge in [0.05, 0.1) is 13.0 Å². The zero-order valence-corrected chi connectivity index (χ0v) is 10.2. The van der Waals surface area contributed by atoms with Gasteiger partial charge in [-0.05, 0) is 32.6 Å². The Kier molecular flexibility index (Phi) is 3.22. The maximum atomic E-state index is 11.5. The molecular weight excluding hydrogens is 220 g/mol. The van der Waals surface area contributed by atoms with E-state index in [0.29, 0.717) is 18.6 Å². The lowest BCUT2D eigenvalue weighted by atomic mass is 9.72. The summed E-state index contributed by atoms with van der Waals surface area (Å²) in [5.74, 6) is -0.464. The van der Waals surface area contributed by atoms with Crippen molar-refractivity contribution in [2.24, 2.45) is 5.41 Å². The largest absolute Gasteiger partial charge is 0.465 e. The Labute approximate surface area is 101 Å². The summed E-state index contributed by atoms with van der Waals surface area (Å²) in [6, 6.07) is 0. The van der Waals surface area contributed by atoms with Crippen LogP contribution in [0.3, 0.4) is 0 Å². The molecule has 1 heterocycles. The number of carbonyl (C=O) groups is 2. The Morgan fingerprint density at radius 1 is 1.59 bits per heavy atom. The van der Waals surface area contributed by atoms with Gasteiger partial charge in [0.15, 0.2) is 0 Å². The molecule has 4 heteroatoms. The fourth-order valence-electron chi connectivity index (χ4n) is 2.68. The van der Waals surface area contributed by atoms with Crippen LogP contribution in [0.15, 0.2) is 12.2 Å². The summed E-state index contributed by atoms with van der Waals surface area (Å²) in [6.07, 6.45) is 3.94. The highest BCUT2D eigenvalue weighted by Crippen LogP contribution is 2.44. The Morgan fingerprint density at radius 2 is 2.35 bits per heavy atom. The fraction of sp³-hybridized carbons (Fsp3) is 0.692. The number of carbonyl (C=O) groups excluding carboxylic acids is 2. The van der Waals surface area contributed by atoms with Gasteiger partial charge >= 0.3 is 11.9 Å². The van der Waals surface area contributed by atoms with Crippen molar-refractivity contribution in [1.29, 1.82) is 0 Å². The third kappa shape index (κ3) is 2.68. The third-order valence-corrected chi connectivity index (χ3v) is 3.57. The number of esters is 2. The number of hydrogen-bond acceptors (Lipinski definition) is 4. The molecule has 1 aliphatic heterocycles. The van der Waals surface area contributed by atoms with Crippen molar-refractivity contribution in [3.05, 3.63) is 12.2 Å². The smallest absolute Gasteiger partial charge is 0.333 e. The second-order valence-corrected chi connectivity index (χ2v) is 5.24. The van der Waals surface area contributed by atoms with E-state index in [4.69, 9.17) is 9.47 Å². The molecule has 0 radical (unpaired) electrons. The maximum Gasteiger partial charge on any atom is 0.333 e. The van der Waals surface area contributed by atoms with Crippen LogP contribution in [0.25, 0.3) is 0 Å². The topological polar surface area (TPSA) is 52.6 Å². The first-order chi connectivity index (χ1) is 8.01. The van der Waals surface area contributed by atoms with Crippen LogP contribution < -0.4 is 0 Å². The van der Waals surface area contributed by atoms with E-state index < -0.39 is 0 Å². The minimum atomic E-state index is -0.336. The average molecular weight is 238 g/mol. The van der Waals surface area contributed by atoms with Gasteiger partial charge in [-0.15, -0.1) is 0 Å². The number of hydrogen-bond donors (Lipinski definition) is 0. The van der Waals surface area contributed by atoms with E-state index in [0.717, 1.165) is 25.7 Å². The van der Waals surface area contributed by atoms with Crippen LogP contribution in [0.2, 0.25) is 0 Å². The van der Waals surface area contributed by atoms with Crippen molar-refractivity contribution >= 4 is 11.9 Å². The Balaban J connectivity index is 1.95. The minimum absolute atomic E-state index is 0.0879. The van der Waals surface area contributed by atoms with E-state index in [9.17, 15) is 9.59 Å². The maximum absolute atomic E-state index is 11.5. The van der Waals surface area contributed by atoms with Gasteiger partial charge in [0, 0.05) is 11.0 Å². The molecule has 1 saturated carbocycles. The Morgan fingerprint density at radius 3 is 2.94 bits per heavy atom. The SMILES string of the molecule is C=C(C)C(=O)OC1CCCC2(COC(=O)C2)C1. The zero-order chi connectivity index (χ0) is 12.5. The van der Waals surface area contributed by atoms with E-state index in [1.54, 1.807) is 6.92 Å². The van der Waals surface area contributed by atoms with Crippen molar-refractivity contribution < 1.29 is 19.1 Å². The van der Waals surface area contributed by atoms with Gasteiger partial charge in [-0.3, -0.25) is 4.79 Å². The predicted molar refractivity (Wildman–Crippen MR) is 61.2 cm³/mol. The van der Waals surface area contributed by atoms with Crippen LogP contribution in [-0.4, -0.2) is 24.6 Å². The molecule has 1 aliphatic carbocycles. The second-order valence-electron chi connectivity index (χ2n) is 5.24. The summed E-state index contributed by atoms with van der Waals surface area (Å²) >= 11 is 0. The fourth-order valence-corrected chi connectivity index (χ4v) is 2.68. The van der Waals surface area contributed by atoms with Crippen LogP contribution in [-0.2, 0) is 19.1 Å². The number of rotatable bonds is 2. The van der Waals surface area contributed by atoms with Crippen LogP contribution in [0.1, 0.15) is 39.0 Å². The molecule has 0 aromatic heterocycles. The second kappa shape index (κ2) is 4.51. The minimum Gasteiger partial charge on any atom is -0.465 e. The monoisotopic (exact) mass is 238 g/mol. The van der Waals surface area contributed by atoms with E-state index in [1.165, 1.54) is 0 Å². The summed E-state index contributed by atoms with van der Waals surface area (Å²) in [5, 5.41) is 0. The molecule has 2 aliphatic rings. The molecule has 2 rings (SSSR count). The van der Waals surface area contributed by atoms with Gasteiger partial charge in [-0.2, -0.15) is 0 Å². The molecule has 0 N–H and O–H groups in total. The van der Waals surface area contributed by atoms with Gasteiger partial charge in [-0.1, -0.05) is 6.58 Å². The average Bonchev–Trinajstić information content (AvgIpc) is 2.59. The highest BCUT2D eigenvalue weighted by Gasteiger charge is 2.44. The van der Waals surface area contributed by atoms with Gasteiger partial charge in [0.2, 0.25) is 0 Å². The molecular formula is C13H18O4. The van der Waals surface area contributed by atoms with E-state index in [1.807, 2.05) is 0 Å². The molecule has 1 saturated heterocycles. The summed E-state index contributed by atoms with van der Waals surface area (Å²) in [4.78, 5) is 22.7. The van der Waals surface area contributed by atoms with Crippen molar-refractivity contribution in [3.8, 4) is 0 Å². The van der Waals surface area contributed by atoms with Crippen molar-refractivity contribution in [1.82, 2.24) is 0 Å². The molecule has 1 spiro atoms. The number of cyclic esters (lactones) is 1. The van der Waals surface area contributed by atoms with Gasteiger partial charge in [0.25, 0.3) is 0 Å². The van der Waals surface area contributed by atoms with Crippen molar-refractivity contribution in [3.63, 3.8) is 0 Å². The zero-order valence-electron chi connectivity index (χ0n) is 10.2. The quantitative estimate of drug-likeness (QED) is 0.545. The molecule has 4 nitrogen and oxygen atoms in total. The van der Waals surface area contributed by atoms with E-state index in [2.05, 4.69) is 6.58 Å². The Hall–Kier alpha value is -1.32. The van der Waals surface area contributed by atoms with Gasteiger partial charge < -0.3 is 9.47 Å². The summed E-state index contributed by atoms with van der Waals surface area (Å²) in [6.45, 7) is 5.69. The highest BCUT2D eigenvalue weighted by molar-refractivity contribution is 5.87. The van der Waals surface area contributed by atoms with E-state index >= 15 is 0 Å². The summed E-state index contributed by atoms with van der Waals surface area (Å²) in [7, 11) is 0.